The number of fused-ring (bicyclic) bond motifs is 1. The lowest BCUT2D eigenvalue weighted by molar-refractivity contribution is 0.0749. The third-order valence-electron chi connectivity index (χ3n) is 5.12. The Hall–Kier alpha value is -2.75. The fourth-order valence-corrected chi connectivity index (χ4v) is 3.68. The van der Waals surface area contributed by atoms with Gasteiger partial charge in [0.25, 0.3) is 5.91 Å². The zero-order valence-corrected chi connectivity index (χ0v) is 14.6. The second kappa shape index (κ2) is 7.24. The van der Waals surface area contributed by atoms with Gasteiger partial charge in [-0.1, -0.05) is 42.8 Å². The summed E-state index contributed by atoms with van der Waals surface area (Å²) in [6.45, 7) is 1.39. The summed E-state index contributed by atoms with van der Waals surface area (Å²) in [4.78, 5) is 19.5. The molecule has 0 saturated carbocycles. The molecule has 0 aliphatic carbocycles. The van der Waals surface area contributed by atoms with E-state index in [1.54, 1.807) is 0 Å². The monoisotopic (exact) mass is 348 g/mol. The smallest absolute Gasteiger partial charge is 0.272 e. The highest BCUT2D eigenvalue weighted by atomic mass is 19.1. The minimum atomic E-state index is -0.226. The number of halogens is 1. The molecule has 4 heteroatoms. The van der Waals surface area contributed by atoms with Crippen LogP contribution in [0.4, 0.5) is 4.39 Å². The van der Waals surface area contributed by atoms with Crippen LogP contribution in [-0.2, 0) is 0 Å². The molecule has 2 aromatic carbocycles. The van der Waals surface area contributed by atoms with Gasteiger partial charge in [0, 0.05) is 24.4 Å². The van der Waals surface area contributed by atoms with Gasteiger partial charge in [0.05, 0.1) is 5.52 Å². The SMILES string of the molecule is O=C(c1ccc2ccccc2n1)N1CCCCC(c2ccc(F)cc2)C1. The zero-order chi connectivity index (χ0) is 17.9. The van der Waals surface area contributed by atoms with Gasteiger partial charge < -0.3 is 4.90 Å². The summed E-state index contributed by atoms with van der Waals surface area (Å²) >= 11 is 0. The Bertz CT molecular complexity index is 923. The van der Waals surface area contributed by atoms with E-state index in [0.717, 1.165) is 42.3 Å². The van der Waals surface area contributed by atoms with Gasteiger partial charge in [0.15, 0.2) is 0 Å². The highest BCUT2D eigenvalue weighted by molar-refractivity contribution is 5.95. The quantitative estimate of drug-likeness (QED) is 0.667. The normalized spacial score (nSPS) is 17.9. The average Bonchev–Trinajstić information content (AvgIpc) is 2.94. The minimum Gasteiger partial charge on any atom is -0.337 e. The van der Waals surface area contributed by atoms with Crippen molar-refractivity contribution in [3.63, 3.8) is 0 Å². The first kappa shape index (κ1) is 16.7. The van der Waals surface area contributed by atoms with Crippen LogP contribution in [0, 0.1) is 5.82 Å². The van der Waals surface area contributed by atoms with E-state index in [2.05, 4.69) is 4.98 Å². The fourth-order valence-electron chi connectivity index (χ4n) is 3.68. The van der Waals surface area contributed by atoms with Crippen molar-refractivity contribution in [1.29, 1.82) is 0 Å². The lowest BCUT2D eigenvalue weighted by Gasteiger charge is -2.24. The Balaban J connectivity index is 1.58. The summed E-state index contributed by atoms with van der Waals surface area (Å²) < 4.78 is 13.2. The minimum absolute atomic E-state index is 0.0234. The van der Waals surface area contributed by atoms with E-state index in [9.17, 15) is 9.18 Å². The molecule has 1 unspecified atom stereocenters. The van der Waals surface area contributed by atoms with E-state index >= 15 is 0 Å². The van der Waals surface area contributed by atoms with Crippen LogP contribution in [0.1, 0.15) is 41.2 Å². The average molecular weight is 348 g/mol. The zero-order valence-electron chi connectivity index (χ0n) is 14.6. The summed E-state index contributed by atoms with van der Waals surface area (Å²) in [7, 11) is 0. The molecule has 1 aromatic heterocycles. The van der Waals surface area contributed by atoms with E-state index in [1.807, 2.05) is 53.4 Å². The first-order chi connectivity index (χ1) is 12.7. The van der Waals surface area contributed by atoms with Crippen LogP contribution in [0.5, 0.6) is 0 Å². The second-order valence-corrected chi connectivity index (χ2v) is 6.88. The van der Waals surface area contributed by atoms with Crippen LogP contribution in [0.25, 0.3) is 10.9 Å². The molecule has 1 aliphatic heterocycles. The number of carbonyl (C=O) groups is 1. The standard InChI is InChI=1S/C22H21FN2O/c23-19-11-8-16(9-12-19)18-6-3-4-14-25(15-18)22(26)21-13-10-17-5-1-2-7-20(17)24-21/h1-2,5,7-13,18H,3-4,6,14-15H2. The number of likely N-dealkylation sites (tertiary alicyclic amines) is 1. The van der Waals surface area contributed by atoms with Gasteiger partial charge in [-0.25, -0.2) is 9.37 Å². The molecule has 26 heavy (non-hydrogen) atoms. The highest BCUT2D eigenvalue weighted by Gasteiger charge is 2.24. The van der Waals surface area contributed by atoms with Crippen LogP contribution >= 0.6 is 0 Å². The third-order valence-corrected chi connectivity index (χ3v) is 5.12. The van der Waals surface area contributed by atoms with Crippen molar-refractivity contribution in [1.82, 2.24) is 9.88 Å². The van der Waals surface area contributed by atoms with E-state index < -0.39 is 0 Å². The van der Waals surface area contributed by atoms with Crippen LogP contribution < -0.4 is 0 Å². The molecule has 1 atom stereocenters. The third kappa shape index (κ3) is 3.45. The summed E-state index contributed by atoms with van der Waals surface area (Å²) in [6, 6.07) is 18.2. The molecule has 0 N–H and O–H groups in total. The molecule has 1 saturated heterocycles. The van der Waals surface area contributed by atoms with Crippen molar-refractivity contribution < 1.29 is 9.18 Å². The summed E-state index contributed by atoms with van der Waals surface area (Å²) in [5.74, 6) is -0.0112. The van der Waals surface area contributed by atoms with Crippen LogP contribution in [0.2, 0.25) is 0 Å². The number of rotatable bonds is 2. The van der Waals surface area contributed by atoms with Crippen molar-refractivity contribution in [2.24, 2.45) is 0 Å². The van der Waals surface area contributed by atoms with Crippen molar-refractivity contribution in [3.05, 3.63) is 77.7 Å². The van der Waals surface area contributed by atoms with E-state index in [1.165, 1.54) is 12.1 Å². The number of hydrogen-bond acceptors (Lipinski definition) is 2. The summed E-state index contributed by atoms with van der Waals surface area (Å²) in [5.41, 5.74) is 2.42. The summed E-state index contributed by atoms with van der Waals surface area (Å²) in [6.07, 6.45) is 3.06. The molecule has 1 fully saturated rings. The van der Waals surface area contributed by atoms with Crippen molar-refractivity contribution >= 4 is 16.8 Å². The Morgan fingerprint density at radius 3 is 2.65 bits per heavy atom. The predicted molar refractivity (Wildman–Crippen MR) is 101 cm³/mol. The van der Waals surface area contributed by atoms with Crippen LogP contribution in [0.3, 0.4) is 0 Å². The van der Waals surface area contributed by atoms with Crippen molar-refractivity contribution in [3.8, 4) is 0 Å². The van der Waals surface area contributed by atoms with Gasteiger partial charge in [0.1, 0.15) is 11.5 Å². The number of hydrogen-bond donors (Lipinski definition) is 0. The Morgan fingerprint density at radius 2 is 1.81 bits per heavy atom. The molecule has 2 heterocycles. The molecule has 132 valence electrons. The van der Waals surface area contributed by atoms with E-state index in [-0.39, 0.29) is 17.6 Å². The predicted octanol–water partition coefficient (Wildman–Crippen LogP) is 4.78. The second-order valence-electron chi connectivity index (χ2n) is 6.88. The van der Waals surface area contributed by atoms with Crippen molar-refractivity contribution in [2.75, 3.05) is 13.1 Å². The van der Waals surface area contributed by atoms with Crippen LogP contribution in [0.15, 0.2) is 60.7 Å². The lowest BCUT2D eigenvalue weighted by Crippen LogP contribution is -2.34. The first-order valence-electron chi connectivity index (χ1n) is 9.11. The number of para-hydroxylation sites is 1. The van der Waals surface area contributed by atoms with Crippen LogP contribution in [-0.4, -0.2) is 28.9 Å². The lowest BCUT2D eigenvalue weighted by atomic mass is 9.94. The fraction of sp³-hybridized carbons (Fsp3) is 0.273. The Morgan fingerprint density at radius 1 is 1.00 bits per heavy atom. The maximum Gasteiger partial charge on any atom is 0.272 e. The summed E-state index contributed by atoms with van der Waals surface area (Å²) in [5, 5.41) is 1.03. The molecule has 3 nitrogen and oxygen atoms in total. The van der Waals surface area contributed by atoms with Gasteiger partial charge in [-0.05, 0) is 42.7 Å². The largest absolute Gasteiger partial charge is 0.337 e. The number of pyridine rings is 1. The van der Waals surface area contributed by atoms with Gasteiger partial charge in [-0.15, -0.1) is 0 Å². The molecular weight excluding hydrogens is 327 g/mol. The molecule has 1 aliphatic rings. The maximum absolute atomic E-state index is 13.2. The van der Waals surface area contributed by atoms with E-state index in [4.69, 9.17) is 0 Å². The van der Waals surface area contributed by atoms with Gasteiger partial charge in [0.2, 0.25) is 0 Å². The van der Waals surface area contributed by atoms with Crippen molar-refractivity contribution in [2.45, 2.75) is 25.2 Å². The number of benzene rings is 2. The maximum atomic E-state index is 13.2. The van der Waals surface area contributed by atoms with Gasteiger partial charge in [-0.3, -0.25) is 4.79 Å². The molecular formula is C22H21FN2O. The molecule has 3 aromatic rings. The van der Waals surface area contributed by atoms with Gasteiger partial charge in [-0.2, -0.15) is 0 Å². The first-order valence-corrected chi connectivity index (χ1v) is 9.11. The Kier molecular flexibility index (Phi) is 4.65. The molecule has 1 amide bonds. The number of nitrogens with zero attached hydrogens (tertiary/aromatic N) is 2. The molecule has 0 spiro atoms. The van der Waals surface area contributed by atoms with E-state index in [0.29, 0.717) is 12.2 Å². The molecule has 0 bridgehead atoms. The van der Waals surface area contributed by atoms with Gasteiger partial charge >= 0.3 is 0 Å². The molecule has 4 rings (SSSR count). The number of carbonyl (C=O) groups excluding carboxylic acids is 1. The Labute approximate surface area is 152 Å². The highest BCUT2D eigenvalue weighted by Crippen LogP contribution is 2.27. The number of amides is 1. The number of aromatic nitrogens is 1. The molecule has 0 radical (unpaired) electrons. The topological polar surface area (TPSA) is 33.2 Å².